The lowest BCUT2D eigenvalue weighted by molar-refractivity contribution is -0.131. The number of halogens is 4. The third-order valence-electron chi connectivity index (χ3n) is 4.39. The van der Waals surface area contributed by atoms with Gasteiger partial charge >= 0.3 is 5.97 Å². The molecule has 1 fully saturated rings. The molecular weight excluding hydrogens is 533 g/mol. The smallest absolute Gasteiger partial charge is 0.328 e. The highest BCUT2D eigenvalue weighted by atomic mass is 79.9. The first-order valence-corrected chi connectivity index (χ1v) is 10.9. The van der Waals surface area contributed by atoms with Crippen molar-refractivity contribution >= 4 is 72.8 Å². The molecule has 2 aromatic carbocycles. The third kappa shape index (κ3) is 5.44. The van der Waals surface area contributed by atoms with Crippen LogP contribution in [-0.2, 0) is 11.4 Å². The highest BCUT2D eigenvalue weighted by Gasteiger charge is 2.19. The third-order valence-corrected chi connectivity index (χ3v) is 6.23. The van der Waals surface area contributed by atoms with Crippen molar-refractivity contribution in [1.29, 1.82) is 0 Å². The molecule has 4 nitrogen and oxygen atoms in total. The highest BCUT2D eigenvalue weighted by Crippen LogP contribution is 2.38. The Hall–Kier alpha value is -1.21. The Bertz CT molecular complexity index is 907. The Balaban J connectivity index is 1.77. The number of nitrogens with one attached hydrogen (secondary N) is 1. The summed E-state index contributed by atoms with van der Waals surface area (Å²) < 4.78 is 7.35. The minimum absolute atomic E-state index is 0.236. The van der Waals surface area contributed by atoms with Crippen molar-refractivity contribution in [2.24, 2.45) is 0 Å². The van der Waals surface area contributed by atoms with E-state index in [0.29, 0.717) is 30.8 Å². The van der Waals surface area contributed by atoms with Crippen LogP contribution in [0.5, 0.6) is 5.75 Å². The topological polar surface area (TPSA) is 58.6 Å². The van der Waals surface area contributed by atoms with Gasteiger partial charge in [-0.15, -0.1) is 0 Å². The molecule has 0 unspecified atom stereocenters. The Labute approximate surface area is 190 Å². The molecule has 2 aromatic rings. The number of carbonyl (C=O) groups is 1. The zero-order chi connectivity index (χ0) is 20.3. The van der Waals surface area contributed by atoms with Gasteiger partial charge in [0.2, 0.25) is 0 Å². The monoisotopic (exact) mass is 547 g/mol. The highest BCUT2D eigenvalue weighted by molar-refractivity contribution is 9.11. The molecule has 0 spiro atoms. The van der Waals surface area contributed by atoms with Gasteiger partial charge in [-0.3, -0.25) is 0 Å². The van der Waals surface area contributed by atoms with Crippen LogP contribution in [0.25, 0.3) is 6.08 Å². The first-order chi connectivity index (χ1) is 13.3. The normalized spacial score (nSPS) is 14.1. The van der Waals surface area contributed by atoms with Crippen molar-refractivity contribution in [3.8, 4) is 5.75 Å². The zero-order valence-electron chi connectivity index (χ0n) is 14.6. The molecule has 0 saturated heterocycles. The Morgan fingerprint density at radius 1 is 1.21 bits per heavy atom. The van der Waals surface area contributed by atoms with Gasteiger partial charge in [0, 0.05) is 22.7 Å². The first-order valence-electron chi connectivity index (χ1n) is 8.61. The summed E-state index contributed by atoms with van der Waals surface area (Å²) in [5.41, 5.74) is 2.33. The molecule has 28 heavy (non-hydrogen) atoms. The van der Waals surface area contributed by atoms with E-state index in [1.165, 1.54) is 12.5 Å². The van der Waals surface area contributed by atoms with Crippen molar-refractivity contribution in [1.82, 2.24) is 0 Å². The van der Waals surface area contributed by atoms with E-state index in [4.69, 9.17) is 33.0 Å². The predicted octanol–water partition coefficient (Wildman–Crippen LogP) is 7.16. The molecule has 8 heteroatoms. The SMILES string of the molecule is O=C(O)/C=C/c1cc(Br)c(OCc2cc(Cl)cc(NC3CCC3)c2Cl)c(Br)c1. The lowest BCUT2D eigenvalue weighted by Gasteiger charge is -2.28. The van der Waals surface area contributed by atoms with Gasteiger partial charge in [0.05, 0.1) is 19.7 Å². The van der Waals surface area contributed by atoms with Gasteiger partial charge in [-0.25, -0.2) is 4.79 Å². The summed E-state index contributed by atoms with van der Waals surface area (Å²) in [6.07, 6.45) is 6.09. The summed E-state index contributed by atoms with van der Waals surface area (Å²) in [6, 6.07) is 7.63. The van der Waals surface area contributed by atoms with Crippen molar-refractivity contribution in [3.05, 3.63) is 60.5 Å². The number of anilines is 1. The van der Waals surface area contributed by atoms with Crippen LogP contribution >= 0.6 is 55.1 Å². The second-order valence-corrected chi connectivity index (χ2v) is 9.00. The molecule has 1 aliphatic rings. The standard InChI is InChI=1S/C20H17Br2Cl2NO3/c21-15-6-11(4-5-18(26)27)7-16(22)20(15)28-10-12-8-13(23)9-17(19(12)24)25-14-2-1-3-14/h4-9,14,25H,1-3,10H2,(H,26,27)/b5-4+. The van der Waals surface area contributed by atoms with E-state index in [2.05, 4.69) is 37.2 Å². The molecule has 1 saturated carbocycles. The number of rotatable bonds is 7. The maximum absolute atomic E-state index is 10.7. The zero-order valence-corrected chi connectivity index (χ0v) is 19.3. The average molecular weight is 550 g/mol. The summed E-state index contributed by atoms with van der Waals surface area (Å²) in [5, 5.41) is 13.4. The molecule has 2 N–H and O–H groups in total. The van der Waals surface area contributed by atoms with Gasteiger partial charge in [-0.1, -0.05) is 23.2 Å². The summed E-state index contributed by atoms with van der Waals surface area (Å²) in [4.78, 5) is 10.7. The number of carboxylic acids is 1. The molecule has 0 bridgehead atoms. The number of benzene rings is 2. The van der Waals surface area contributed by atoms with Crippen molar-refractivity contribution in [3.63, 3.8) is 0 Å². The lowest BCUT2D eigenvalue weighted by Crippen LogP contribution is -2.27. The van der Waals surface area contributed by atoms with Crippen LogP contribution in [-0.4, -0.2) is 17.1 Å². The molecule has 0 amide bonds. The molecule has 0 heterocycles. The maximum Gasteiger partial charge on any atom is 0.328 e. The number of carboxylic acid groups (broad SMARTS) is 1. The average Bonchev–Trinajstić information content (AvgIpc) is 2.58. The van der Waals surface area contributed by atoms with Gasteiger partial charge in [0.15, 0.2) is 0 Å². The molecule has 0 atom stereocenters. The number of hydrogen-bond acceptors (Lipinski definition) is 3. The fourth-order valence-electron chi connectivity index (χ4n) is 2.76. The molecule has 148 valence electrons. The fraction of sp³-hybridized carbons (Fsp3) is 0.250. The van der Waals surface area contributed by atoms with E-state index in [-0.39, 0.29) is 6.61 Å². The number of hydrogen-bond donors (Lipinski definition) is 2. The van der Waals surface area contributed by atoms with Crippen LogP contribution in [0.3, 0.4) is 0 Å². The lowest BCUT2D eigenvalue weighted by atomic mass is 9.93. The number of aliphatic carboxylic acids is 1. The van der Waals surface area contributed by atoms with Gasteiger partial charge in [0.1, 0.15) is 12.4 Å². The molecule has 1 aliphatic carbocycles. The summed E-state index contributed by atoms with van der Waals surface area (Å²) in [7, 11) is 0. The summed E-state index contributed by atoms with van der Waals surface area (Å²) in [6.45, 7) is 0.236. The van der Waals surface area contributed by atoms with Crippen LogP contribution in [0.1, 0.15) is 30.4 Å². The Morgan fingerprint density at radius 3 is 2.46 bits per heavy atom. The maximum atomic E-state index is 10.7. The second-order valence-electron chi connectivity index (χ2n) is 6.47. The second kappa shape index (κ2) is 9.53. The van der Waals surface area contributed by atoms with Crippen molar-refractivity contribution < 1.29 is 14.6 Å². The Kier molecular flexibility index (Phi) is 7.31. The van der Waals surface area contributed by atoms with E-state index in [1.54, 1.807) is 18.2 Å². The van der Waals surface area contributed by atoms with Gasteiger partial charge in [-0.05, 0) is 87.0 Å². The van der Waals surface area contributed by atoms with E-state index in [9.17, 15) is 4.79 Å². The molecule has 0 radical (unpaired) electrons. The largest absolute Gasteiger partial charge is 0.486 e. The molecule has 0 aromatic heterocycles. The van der Waals surface area contributed by atoms with Crippen LogP contribution < -0.4 is 10.1 Å². The van der Waals surface area contributed by atoms with E-state index < -0.39 is 5.97 Å². The Morgan fingerprint density at radius 2 is 1.89 bits per heavy atom. The van der Waals surface area contributed by atoms with Crippen molar-refractivity contribution in [2.75, 3.05) is 5.32 Å². The van der Waals surface area contributed by atoms with E-state index in [1.807, 2.05) is 6.07 Å². The molecular formula is C20H17Br2Cl2NO3. The minimum atomic E-state index is -1.01. The van der Waals surface area contributed by atoms with E-state index in [0.717, 1.165) is 35.7 Å². The molecule has 3 rings (SSSR count). The summed E-state index contributed by atoms with van der Waals surface area (Å²) >= 11 is 19.8. The van der Waals surface area contributed by atoms with Gasteiger partial charge in [0.25, 0.3) is 0 Å². The van der Waals surface area contributed by atoms with Crippen LogP contribution in [0.15, 0.2) is 39.3 Å². The summed E-state index contributed by atoms with van der Waals surface area (Å²) in [5.74, 6) is -0.411. The quantitative estimate of drug-likeness (QED) is 0.360. The van der Waals surface area contributed by atoms with Crippen LogP contribution in [0.2, 0.25) is 10.0 Å². The van der Waals surface area contributed by atoms with E-state index >= 15 is 0 Å². The van der Waals surface area contributed by atoms with Gasteiger partial charge in [-0.2, -0.15) is 0 Å². The minimum Gasteiger partial charge on any atom is -0.486 e. The fourth-order valence-corrected chi connectivity index (χ4v) is 4.67. The molecule has 0 aliphatic heterocycles. The number of ether oxygens (including phenoxy) is 1. The predicted molar refractivity (Wildman–Crippen MR) is 121 cm³/mol. The van der Waals surface area contributed by atoms with Crippen LogP contribution in [0, 0.1) is 0 Å². The first kappa shape index (κ1) is 21.5. The van der Waals surface area contributed by atoms with Crippen LogP contribution in [0.4, 0.5) is 5.69 Å². The van der Waals surface area contributed by atoms with Gasteiger partial charge < -0.3 is 15.2 Å². The van der Waals surface area contributed by atoms with Crippen molar-refractivity contribution in [2.45, 2.75) is 31.9 Å².